The third kappa shape index (κ3) is 4.18. The number of fused-ring (bicyclic) bond motifs is 1. The number of hydrogen-bond donors (Lipinski definition) is 2. The Morgan fingerprint density at radius 2 is 1.68 bits per heavy atom. The van der Waals surface area contributed by atoms with E-state index in [9.17, 15) is 18.0 Å². The molecule has 7 nitrogen and oxygen atoms in total. The zero-order valence-corrected chi connectivity index (χ0v) is 18.0. The molecule has 0 atom stereocenters. The van der Waals surface area contributed by atoms with Gasteiger partial charge in [0.2, 0.25) is 5.91 Å². The number of nitrogens with zero attached hydrogens (tertiary/aromatic N) is 1. The van der Waals surface area contributed by atoms with E-state index in [1.54, 1.807) is 36.4 Å². The van der Waals surface area contributed by atoms with Gasteiger partial charge in [0.1, 0.15) is 0 Å². The third-order valence-corrected chi connectivity index (χ3v) is 6.69. The lowest BCUT2D eigenvalue weighted by molar-refractivity contribution is 0.100. The van der Waals surface area contributed by atoms with Crippen LogP contribution in [0.4, 0.5) is 5.13 Å². The van der Waals surface area contributed by atoms with Crippen molar-refractivity contribution in [2.24, 2.45) is 5.73 Å². The van der Waals surface area contributed by atoms with Gasteiger partial charge in [-0.3, -0.25) is 14.9 Å². The molecule has 156 valence electrons. The predicted molar refractivity (Wildman–Crippen MR) is 121 cm³/mol. The number of benzene rings is 3. The van der Waals surface area contributed by atoms with Crippen LogP contribution in [-0.2, 0) is 9.84 Å². The number of rotatable bonds is 5. The van der Waals surface area contributed by atoms with Gasteiger partial charge in [-0.15, -0.1) is 0 Å². The van der Waals surface area contributed by atoms with E-state index in [4.69, 9.17) is 5.73 Å². The monoisotopic (exact) mass is 451 g/mol. The number of nitrogens with one attached hydrogen (secondary N) is 1. The van der Waals surface area contributed by atoms with Crippen molar-refractivity contribution in [1.29, 1.82) is 0 Å². The Labute approximate surface area is 182 Å². The number of amides is 2. The van der Waals surface area contributed by atoms with Crippen molar-refractivity contribution < 1.29 is 18.0 Å². The van der Waals surface area contributed by atoms with Crippen molar-refractivity contribution in [2.45, 2.75) is 4.90 Å². The molecule has 0 saturated heterocycles. The van der Waals surface area contributed by atoms with Crippen LogP contribution in [-0.4, -0.2) is 31.5 Å². The number of sulfone groups is 1. The summed E-state index contributed by atoms with van der Waals surface area (Å²) >= 11 is 1.16. The molecule has 1 heterocycles. The molecule has 3 aromatic carbocycles. The van der Waals surface area contributed by atoms with Crippen molar-refractivity contribution >= 4 is 48.3 Å². The fraction of sp³-hybridized carbons (Fsp3) is 0.0455. The summed E-state index contributed by atoms with van der Waals surface area (Å²) < 4.78 is 24.2. The Kier molecular flexibility index (Phi) is 5.30. The normalized spacial score (nSPS) is 11.4. The van der Waals surface area contributed by atoms with Gasteiger partial charge in [-0.25, -0.2) is 13.4 Å². The quantitative estimate of drug-likeness (QED) is 0.479. The number of anilines is 1. The van der Waals surface area contributed by atoms with Crippen LogP contribution < -0.4 is 11.1 Å². The molecule has 0 aliphatic rings. The minimum atomic E-state index is -3.35. The van der Waals surface area contributed by atoms with Crippen LogP contribution in [0.5, 0.6) is 0 Å². The molecular formula is C22H17N3O4S2. The van der Waals surface area contributed by atoms with E-state index in [0.717, 1.165) is 17.6 Å². The Balaban J connectivity index is 1.74. The first-order valence-electron chi connectivity index (χ1n) is 9.14. The summed E-state index contributed by atoms with van der Waals surface area (Å²) in [5.74, 6) is -1.09. The number of nitrogens with two attached hydrogens (primary N) is 1. The Morgan fingerprint density at radius 1 is 0.968 bits per heavy atom. The van der Waals surface area contributed by atoms with Crippen molar-refractivity contribution in [3.63, 3.8) is 0 Å². The molecule has 0 saturated carbocycles. The molecule has 0 bridgehead atoms. The molecule has 0 fully saturated rings. The van der Waals surface area contributed by atoms with E-state index in [0.29, 0.717) is 26.5 Å². The van der Waals surface area contributed by atoms with Crippen LogP contribution in [0, 0.1) is 0 Å². The Bertz CT molecular complexity index is 1430. The zero-order chi connectivity index (χ0) is 22.2. The van der Waals surface area contributed by atoms with Crippen molar-refractivity contribution in [2.75, 3.05) is 11.6 Å². The first-order valence-corrected chi connectivity index (χ1v) is 11.8. The van der Waals surface area contributed by atoms with Gasteiger partial charge in [-0.05, 0) is 35.9 Å². The van der Waals surface area contributed by atoms with Crippen LogP contribution in [0.1, 0.15) is 20.7 Å². The van der Waals surface area contributed by atoms with Gasteiger partial charge in [0.15, 0.2) is 15.0 Å². The summed E-state index contributed by atoms with van der Waals surface area (Å²) in [5.41, 5.74) is 7.75. The van der Waals surface area contributed by atoms with Gasteiger partial charge in [0, 0.05) is 22.9 Å². The standard InChI is InChI=1S/C22H17N3O4S2/c1-31(28,29)14-10-11-17-18(12-14)30-22(24-17)25-21(27)16-9-5-8-15(20(23)26)19(16)13-6-3-2-4-7-13/h2-12H,1H3,(H2,23,26)(H,24,25,27). The first-order chi connectivity index (χ1) is 14.7. The maximum Gasteiger partial charge on any atom is 0.258 e. The minimum absolute atomic E-state index is 0.182. The van der Waals surface area contributed by atoms with Crippen molar-refractivity contribution in [3.8, 4) is 11.1 Å². The molecular weight excluding hydrogens is 434 g/mol. The summed E-state index contributed by atoms with van der Waals surface area (Å²) in [5, 5.41) is 3.06. The second kappa shape index (κ2) is 7.93. The van der Waals surface area contributed by atoms with Gasteiger partial charge in [-0.2, -0.15) is 0 Å². The largest absolute Gasteiger partial charge is 0.366 e. The average molecular weight is 452 g/mol. The number of hydrogen-bond acceptors (Lipinski definition) is 6. The number of carbonyl (C=O) groups excluding carboxylic acids is 2. The second-order valence-corrected chi connectivity index (χ2v) is 9.88. The number of thiazole rings is 1. The summed E-state index contributed by atoms with van der Waals surface area (Å²) in [6, 6.07) is 18.4. The topological polar surface area (TPSA) is 119 Å². The molecule has 0 aliphatic heterocycles. The molecule has 0 aliphatic carbocycles. The zero-order valence-electron chi connectivity index (χ0n) is 16.3. The molecule has 31 heavy (non-hydrogen) atoms. The number of primary amides is 1. The van der Waals surface area contributed by atoms with Gasteiger partial charge < -0.3 is 5.73 Å². The highest BCUT2D eigenvalue weighted by Gasteiger charge is 2.20. The van der Waals surface area contributed by atoms with E-state index in [2.05, 4.69) is 10.3 Å². The lowest BCUT2D eigenvalue weighted by atomic mass is 9.93. The molecule has 2 amide bonds. The Hall–Kier alpha value is -3.56. The smallest absolute Gasteiger partial charge is 0.258 e. The van der Waals surface area contributed by atoms with Crippen molar-refractivity contribution in [3.05, 3.63) is 77.9 Å². The van der Waals surface area contributed by atoms with Crippen LogP contribution in [0.2, 0.25) is 0 Å². The maximum atomic E-state index is 13.1. The first kappa shape index (κ1) is 20.7. The van der Waals surface area contributed by atoms with E-state index in [1.807, 2.05) is 18.2 Å². The average Bonchev–Trinajstić information content (AvgIpc) is 3.14. The molecule has 0 radical (unpaired) electrons. The summed E-state index contributed by atoms with van der Waals surface area (Å²) in [6.45, 7) is 0. The van der Waals surface area contributed by atoms with E-state index in [1.165, 1.54) is 12.1 Å². The van der Waals surface area contributed by atoms with Gasteiger partial charge in [-0.1, -0.05) is 47.7 Å². The van der Waals surface area contributed by atoms with E-state index >= 15 is 0 Å². The highest BCUT2D eigenvalue weighted by atomic mass is 32.2. The highest BCUT2D eigenvalue weighted by molar-refractivity contribution is 7.90. The van der Waals surface area contributed by atoms with E-state index in [-0.39, 0.29) is 16.0 Å². The lowest BCUT2D eigenvalue weighted by Crippen LogP contribution is -2.18. The molecule has 3 N–H and O–H groups in total. The SMILES string of the molecule is CS(=O)(=O)c1ccc2nc(NC(=O)c3cccc(C(N)=O)c3-c3ccccc3)sc2c1. The molecule has 0 unspecified atom stereocenters. The molecule has 4 aromatic rings. The highest BCUT2D eigenvalue weighted by Crippen LogP contribution is 2.31. The molecule has 4 rings (SSSR count). The van der Waals surface area contributed by atoms with Gasteiger partial charge in [0.25, 0.3) is 5.91 Å². The fourth-order valence-corrected chi connectivity index (χ4v) is 4.84. The maximum absolute atomic E-state index is 13.1. The number of aromatic nitrogens is 1. The van der Waals surface area contributed by atoms with Crippen LogP contribution in [0.25, 0.3) is 21.3 Å². The number of carbonyl (C=O) groups is 2. The summed E-state index contributed by atoms with van der Waals surface area (Å²) in [6.07, 6.45) is 1.13. The van der Waals surface area contributed by atoms with Crippen LogP contribution in [0.15, 0.2) is 71.6 Å². The molecule has 0 spiro atoms. The predicted octanol–water partition coefficient (Wildman–Crippen LogP) is 3.72. The minimum Gasteiger partial charge on any atom is -0.366 e. The van der Waals surface area contributed by atoms with Crippen LogP contribution in [0.3, 0.4) is 0 Å². The summed E-state index contributed by atoms with van der Waals surface area (Å²) in [4.78, 5) is 29.6. The third-order valence-electron chi connectivity index (χ3n) is 4.65. The van der Waals surface area contributed by atoms with E-state index < -0.39 is 21.7 Å². The molecule has 1 aromatic heterocycles. The summed E-state index contributed by atoms with van der Waals surface area (Å²) in [7, 11) is -3.35. The second-order valence-electron chi connectivity index (χ2n) is 6.83. The fourth-order valence-electron chi connectivity index (χ4n) is 3.22. The lowest BCUT2D eigenvalue weighted by Gasteiger charge is -2.13. The Morgan fingerprint density at radius 3 is 2.35 bits per heavy atom. The van der Waals surface area contributed by atoms with Crippen LogP contribution >= 0.6 is 11.3 Å². The molecule has 9 heteroatoms. The van der Waals surface area contributed by atoms with Gasteiger partial charge in [0.05, 0.1) is 15.1 Å². The van der Waals surface area contributed by atoms with Gasteiger partial charge >= 0.3 is 0 Å². The van der Waals surface area contributed by atoms with Crippen molar-refractivity contribution in [1.82, 2.24) is 4.98 Å².